The van der Waals surface area contributed by atoms with Crippen LogP contribution in [0.25, 0.3) is 0 Å². The average Bonchev–Trinajstić information content (AvgIpc) is 2.38. The number of hydrogen-bond acceptors (Lipinski definition) is 2. The molecule has 2 nitrogen and oxygen atoms in total. The van der Waals surface area contributed by atoms with Crippen molar-refractivity contribution in [1.29, 1.82) is 0 Å². The molecule has 1 saturated heterocycles. The fourth-order valence-electron chi connectivity index (χ4n) is 2.41. The van der Waals surface area contributed by atoms with E-state index in [1.807, 2.05) is 0 Å². The van der Waals surface area contributed by atoms with Gasteiger partial charge in [-0.25, -0.2) is 4.39 Å². The third-order valence-corrected chi connectivity index (χ3v) is 3.58. The molecule has 1 aliphatic heterocycles. The van der Waals surface area contributed by atoms with E-state index in [1.54, 1.807) is 0 Å². The lowest BCUT2D eigenvalue weighted by molar-refractivity contribution is 0.347. The van der Waals surface area contributed by atoms with Crippen LogP contribution in [0.4, 0.5) is 8.78 Å². The standard InChI is InChI=1S/C13H16ClF2NO/c1-18-13-9(5-8-3-2-4-17-7-8)6-10(14)11(15)12(13)16/h6,8,17H,2-5,7H2,1H3. The summed E-state index contributed by atoms with van der Waals surface area (Å²) in [7, 11) is 1.34. The van der Waals surface area contributed by atoms with Gasteiger partial charge >= 0.3 is 0 Å². The van der Waals surface area contributed by atoms with Crippen molar-refractivity contribution in [1.82, 2.24) is 5.32 Å². The van der Waals surface area contributed by atoms with E-state index in [2.05, 4.69) is 5.32 Å². The SMILES string of the molecule is COc1c(CC2CCCNC2)cc(Cl)c(F)c1F. The molecule has 1 unspecified atom stereocenters. The van der Waals surface area contributed by atoms with Crippen molar-refractivity contribution in [2.45, 2.75) is 19.3 Å². The molecule has 100 valence electrons. The fourth-order valence-corrected chi connectivity index (χ4v) is 2.62. The average molecular weight is 276 g/mol. The van der Waals surface area contributed by atoms with Gasteiger partial charge in [0.2, 0.25) is 5.82 Å². The highest BCUT2D eigenvalue weighted by atomic mass is 35.5. The van der Waals surface area contributed by atoms with Gasteiger partial charge in [0.15, 0.2) is 11.6 Å². The Morgan fingerprint density at radius 2 is 2.22 bits per heavy atom. The molecule has 0 aromatic heterocycles. The second-order valence-corrected chi connectivity index (χ2v) is 5.00. The molecule has 1 aliphatic rings. The van der Waals surface area contributed by atoms with Crippen molar-refractivity contribution in [3.05, 3.63) is 28.3 Å². The van der Waals surface area contributed by atoms with E-state index in [4.69, 9.17) is 16.3 Å². The van der Waals surface area contributed by atoms with Crippen LogP contribution in [0.2, 0.25) is 5.02 Å². The highest BCUT2D eigenvalue weighted by molar-refractivity contribution is 6.30. The van der Waals surface area contributed by atoms with Gasteiger partial charge in [0.1, 0.15) is 0 Å². The van der Waals surface area contributed by atoms with Crippen LogP contribution in [-0.4, -0.2) is 20.2 Å². The van der Waals surface area contributed by atoms with E-state index in [0.29, 0.717) is 17.9 Å². The molecule has 0 radical (unpaired) electrons. The first kappa shape index (κ1) is 13.6. The molecule has 18 heavy (non-hydrogen) atoms. The summed E-state index contributed by atoms with van der Waals surface area (Å²) in [5, 5.41) is 3.10. The van der Waals surface area contributed by atoms with E-state index in [9.17, 15) is 8.78 Å². The van der Waals surface area contributed by atoms with E-state index in [-0.39, 0.29) is 10.8 Å². The second-order valence-electron chi connectivity index (χ2n) is 4.60. The molecular weight excluding hydrogens is 260 g/mol. The Hall–Kier alpha value is -0.870. The minimum atomic E-state index is -1.04. The van der Waals surface area contributed by atoms with E-state index < -0.39 is 11.6 Å². The molecule has 5 heteroatoms. The summed E-state index contributed by atoms with van der Waals surface area (Å²) in [6.07, 6.45) is 2.82. The number of halogens is 3. The zero-order valence-electron chi connectivity index (χ0n) is 10.2. The van der Waals surface area contributed by atoms with Crippen LogP contribution in [0.15, 0.2) is 6.07 Å². The molecule has 1 N–H and O–H groups in total. The molecule has 1 atom stereocenters. The van der Waals surface area contributed by atoms with Gasteiger partial charge in [-0.2, -0.15) is 4.39 Å². The molecule has 1 aromatic carbocycles. The number of hydrogen-bond donors (Lipinski definition) is 1. The highest BCUT2D eigenvalue weighted by Gasteiger charge is 2.21. The Morgan fingerprint density at radius 3 is 2.83 bits per heavy atom. The van der Waals surface area contributed by atoms with Crippen molar-refractivity contribution in [3.8, 4) is 5.75 Å². The maximum atomic E-state index is 13.7. The Bertz CT molecular complexity index is 433. The quantitative estimate of drug-likeness (QED) is 0.856. The van der Waals surface area contributed by atoms with Gasteiger partial charge in [-0.05, 0) is 49.9 Å². The van der Waals surface area contributed by atoms with Crippen molar-refractivity contribution >= 4 is 11.6 Å². The van der Waals surface area contributed by atoms with Gasteiger partial charge in [-0.15, -0.1) is 0 Å². The summed E-state index contributed by atoms with van der Waals surface area (Å²) in [5.74, 6) is -1.65. The van der Waals surface area contributed by atoms with Gasteiger partial charge in [-0.3, -0.25) is 0 Å². The molecule has 0 bridgehead atoms. The minimum absolute atomic E-state index is 0.0255. The van der Waals surface area contributed by atoms with Gasteiger partial charge in [0.05, 0.1) is 12.1 Å². The second kappa shape index (κ2) is 5.85. The molecule has 1 aromatic rings. The molecule has 1 heterocycles. The van der Waals surface area contributed by atoms with Crippen LogP contribution in [0, 0.1) is 17.6 Å². The summed E-state index contributed by atoms with van der Waals surface area (Å²) < 4.78 is 32.0. The van der Waals surface area contributed by atoms with Crippen LogP contribution in [0.3, 0.4) is 0 Å². The predicted octanol–water partition coefficient (Wildman–Crippen LogP) is 3.17. The summed E-state index contributed by atoms with van der Waals surface area (Å²) in [6, 6.07) is 1.47. The van der Waals surface area contributed by atoms with E-state index >= 15 is 0 Å². The zero-order valence-corrected chi connectivity index (χ0v) is 11.0. The van der Waals surface area contributed by atoms with Crippen molar-refractivity contribution in [2.24, 2.45) is 5.92 Å². The normalized spacial score (nSPS) is 19.9. The van der Waals surface area contributed by atoms with Crippen LogP contribution in [-0.2, 0) is 6.42 Å². The van der Waals surface area contributed by atoms with Crippen LogP contribution in [0.5, 0.6) is 5.75 Å². The predicted molar refractivity (Wildman–Crippen MR) is 67.2 cm³/mol. The molecule has 0 spiro atoms. The highest BCUT2D eigenvalue weighted by Crippen LogP contribution is 2.32. The molecule has 0 amide bonds. The first-order valence-corrected chi connectivity index (χ1v) is 6.42. The maximum Gasteiger partial charge on any atom is 0.202 e. The lowest BCUT2D eigenvalue weighted by Crippen LogP contribution is -2.31. The number of benzene rings is 1. The first-order valence-electron chi connectivity index (χ1n) is 6.04. The molecular formula is C13H16ClF2NO. The van der Waals surface area contributed by atoms with Gasteiger partial charge in [-0.1, -0.05) is 11.6 Å². The Labute approximate surface area is 110 Å². The van der Waals surface area contributed by atoms with Gasteiger partial charge in [0, 0.05) is 0 Å². The summed E-state index contributed by atoms with van der Waals surface area (Å²) >= 11 is 5.68. The molecule has 0 aliphatic carbocycles. The van der Waals surface area contributed by atoms with Gasteiger partial charge < -0.3 is 10.1 Å². The van der Waals surface area contributed by atoms with Crippen molar-refractivity contribution in [3.63, 3.8) is 0 Å². The van der Waals surface area contributed by atoms with E-state index in [0.717, 1.165) is 25.9 Å². The maximum absolute atomic E-state index is 13.7. The van der Waals surface area contributed by atoms with Crippen LogP contribution >= 0.6 is 11.6 Å². The fraction of sp³-hybridized carbons (Fsp3) is 0.538. The van der Waals surface area contributed by atoms with Crippen LogP contribution in [0.1, 0.15) is 18.4 Å². The number of nitrogens with one attached hydrogen (secondary N) is 1. The Kier molecular flexibility index (Phi) is 4.40. The lowest BCUT2D eigenvalue weighted by Gasteiger charge is -2.23. The largest absolute Gasteiger partial charge is 0.493 e. The summed E-state index contributed by atoms with van der Waals surface area (Å²) in [6.45, 7) is 1.91. The minimum Gasteiger partial charge on any atom is -0.493 e. The van der Waals surface area contributed by atoms with E-state index in [1.165, 1.54) is 13.2 Å². The Morgan fingerprint density at radius 1 is 1.44 bits per heavy atom. The molecule has 2 rings (SSSR count). The lowest BCUT2D eigenvalue weighted by atomic mass is 9.92. The zero-order chi connectivity index (χ0) is 13.1. The molecule has 1 fully saturated rings. The van der Waals surface area contributed by atoms with Crippen LogP contribution < -0.4 is 10.1 Å². The first-order chi connectivity index (χ1) is 8.63. The van der Waals surface area contributed by atoms with Crippen molar-refractivity contribution < 1.29 is 13.5 Å². The van der Waals surface area contributed by atoms with Gasteiger partial charge in [0.25, 0.3) is 0 Å². The number of ether oxygens (including phenoxy) is 1. The monoisotopic (exact) mass is 275 g/mol. The summed E-state index contributed by atoms with van der Waals surface area (Å²) in [5.41, 5.74) is 0.634. The third-order valence-electron chi connectivity index (χ3n) is 3.31. The topological polar surface area (TPSA) is 21.3 Å². The number of piperidine rings is 1. The number of methoxy groups -OCH3 is 1. The smallest absolute Gasteiger partial charge is 0.202 e. The number of rotatable bonds is 3. The van der Waals surface area contributed by atoms with Crippen molar-refractivity contribution in [2.75, 3.05) is 20.2 Å². The summed E-state index contributed by atoms with van der Waals surface area (Å²) in [4.78, 5) is 0. The third kappa shape index (κ3) is 2.75. The molecule has 0 saturated carbocycles. The Balaban J connectivity index is 2.25.